The fraction of sp³-hybridized carbons (Fsp3) is 0.278. The van der Waals surface area contributed by atoms with Crippen molar-refractivity contribution in [3.8, 4) is 17.2 Å². The molecule has 4 rings (SSSR count). The van der Waals surface area contributed by atoms with Crippen LogP contribution in [0.1, 0.15) is 29.2 Å². The molecule has 5 nitrogen and oxygen atoms in total. The molecule has 2 aromatic carbocycles. The highest BCUT2D eigenvalue weighted by Gasteiger charge is 2.28. The van der Waals surface area contributed by atoms with E-state index in [1.165, 1.54) is 0 Å². The fourth-order valence-corrected chi connectivity index (χ4v) is 2.99. The van der Waals surface area contributed by atoms with Crippen LogP contribution >= 0.6 is 0 Å². The molecule has 0 bridgehead atoms. The van der Waals surface area contributed by atoms with Crippen molar-refractivity contribution in [2.75, 3.05) is 13.2 Å². The van der Waals surface area contributed by atoms with Crippen LogP contribution in [0, 0.1) is 6.92 Å². The monoisotopic (exact) mass is 311 g/mol. The number of nitrogens with zero attached hydrogens (tertiary/aromatic N) is 1. The lowest BCUT2D eigenvalue weighted by Gasteiger charge is -2.28. The van der Waals surface area contributed by atoms with Crippen molar-refractivity contribution < 1.29 is 19.4 Å². The zero-order valence-electron chi connectivity index (χ0n) is 12.8. The Morgan fingerprint density at radius 3 is 2.61 bits per heavy atom. The average Bonchev–Trinajstić information content (AvgIpc) is 2.60. The summed E-state index contributed by atoms with van der Waals surface area (Å²) in [4.78, 5) is 0. The lowest BCUT2D eigenvalue weighted by Crippen LogP contribution is -2.22. The maximum atomic E-state index is 9.37. The Hall–Kier alpha value is -2.69. The minimum absolute atomic E-state index is 0.216. The highest BCUT2D eigenvalue weighted by Crippen LogP contribution is 2.39. The van der Waals surface area contributed by atoms with Gasteiger partial charge in [0.05, 0.1) is 5.71 Å². The van der Waals surface area contributed by atoms with Crippen LogP contribution in [0.5, 0.6) is 17.2 Å². The van der Waals surface area contributed by atoms with Crippen molar-refractivity contribution in [1.29, 1.82) is 0 Å². The molecular weight excluding hydrogens is 294 g/mol. The molecule has 23 heavy (non-hydrogen) atoms. The molecule has 0 aromatic heterocycles. The second kappa shape index (κ2) is 5.50. The van der Waals surface area contributed by atoms with E-state index in [0.717, 1.165) is 33.9 Å². The predicted molar refractivity (Wildman–Crippen MR) is 84.9 cm³/mol. The van der Waals surface area contributed by atoms with Gasteiger partial charge in [-0.25, -0.2) is 0 Å². The van der Waals surface area contributed by atoms with Crippen LogP contribution in [0.2, 0.25) is 0 Å². The van der Waals surface area contributed by atoms with E-state index in [0.29, 0.717) is 25.3 Å². The first-order valence-corrected chi connectivity index (χ1v) is 7.63. The summed E-state index contributed by atoms with van der Waals surface area (Å²) in [6.07, 6.45) is 0.291. The number of fused-ring (bicyclic) bond motifs is 2. The second-order valence-electron chi connectivity index (χ2n) is 5.76. The van der Waals surface area contributed by atoms with Crippen molar-refractivity contribution in [3.63, 3.8) is 0 Å². The highest BCUT2D eigenvalue weighted by atomic mass is 16.6. The smallest absolute Gasteiger partial charge is 0.161 e. The lowest BCUT2D eigenvalue weighted by molar-refractivity contribution is 0.169. The summed E-state index contributed by atoms with van der Waals surface area (Å²) in [7, 11) is 0. The third-order valence-electron chi connectivity index (χ3n) is 4.15. The normalized spacial score (nSPS) is 20.7. The van der Waals surface area contributed by atoms with Gasteiger partial charge < -0.3 is 19.4 Å². The fourth-order valence-electron chi connectivity index (χ4n) is 2.99. The van der Waals surface area contributed by atoms with Crippen LogP contribution in [-0.4, -0.2) is 24.1 Å². The number of oxime groups is 1. The molecule has 0 aliphatic carbocycles. The molecule has 0 radical (unpaired) electrons. The van der Waals surface area contributed by atoms with Crippen LogP contribution in [0.25, 0.3) is 0 Å². The van der Waals surface area contributed by atoms with Crippen molar-refractivity contribution >= 4 is 5.71 Å². The number of hydrogen-bond donors (Lipinski definition) is 1. The van der Waals surface area contributed by atoms with E-state index in [4.69, 9.17) is 14.2 Å². The topological polar surface area (TPSA) is 60.3 Å². The van der Waals surface area contributed by atoms with Gasteiger partial charge in [-0.1, -0.05) is 22.9 Å². The summed E-state index contributed by atoms with van der Waals surface area (Å²) in [6.45, 7) is 3.12. The Kier molecular flexibility index (Phi) is 3.33. The van der Waals surface area contributed by atoms with E-state index in [1.807, 2.05) is 43.3 Å². The Morgan fingerprint density at radius 2 is 1.78 bits per heavy atom. The zero-order chi connectivity index (χ0) is 15.8. The minimum atomic E-state index is -0.216. The Balaban J connectivity index is 1.70. The molecule has 118 valence electrons. The summed E-state index contributed by atoms with van der Waals surface area (Å²) in [5.74, 6) is 2.21. The predicted octanol–water partition coefficient (Wildman–Crippen LogP) is 3.47. The quantitative estimate of drug-likeness (QED) is 0.647. The van der Waals surface area contributed by atoms with Gasteiger partial charge >= 0.3 is 0 Å². The maximum absolute atomic E-state index is 9.37. The van der Waals surface area contributed by atoms with Crippen molar-refractivity contribution in [2.24, 2.45) is 5.16 Å². The summed E-state index contributed by atoms with van der Waals surface area (Å²) >= 11 is 0. The number of aryl methyl sites for hydroxylation is 1. The van der Waals surface area contributed by atoms with E-state index >= 15 is 0 Å². The highest BCUT2D eigenvalue weighted by molar-refractivity contribution is 6.03. The van der Waals surface area contributed by atoms with E-state index in [-0.39, 0.29) is 6.10 Å². The van der Waals surface area contributed by atoms with Crippen LogP contribution in [0.15, 0.2) is 41.6 Å². The molecule has 2 heterocycles. The SMILES string of the molecule is Cc1ccc2c(c1)C(=NO)CC(c1ccc3c(c1)OCCO3)O2. The van der Waals surface area contributed by atoms with E-state index < -0.39 is 0 Å². The summed E-state index contributed by atoms with van der Waals surface area (Å²) in [6, 6.07) is 11.7. The zero-order valence-corrected chi connectivity index (χ0v) is 12.8. The maximum Gasteiger partial charge on any atom is 0.161 e. The van der Waals surface area contributed by atoms with E-state index in [9.17, 15) is 5.21 Å². The summed E-state index contributed by atoms with van der Waals surface area (Å²) in [5, 5.41) is 12.8. The molecule has 0 amide bonds. The number of hydrogen-bond acceptors (Lipinski definition) is 5. The van der Waals surface area contributed by atoms with Gasteiger partial charge in [-0.3, -0.25) is 0 Å². The first-order chi connectivity index (χ1) is 11.2. The number of ether oxygens (including phenoxy) is 3. The van der Waals surface area contributed by atoms with Crippen LogP contribution in [-0.2, 0) is 0 Å². The van der Waals surface area contributed by atoms with Gasteiger partial charge in [-0.15, -0.1) is 0 Å². The first-order valence-electron chi connectivity index (χ1n) is 7.63. The first kappa shape index (κ1) is 13.9. The van der Waals surface area contributed by atoms with Gasteiger partial charge in [-0.05, 0) is 36.8 Å². The molecule has 0 saturated heterocycles. The van der Waals surface area contributed by atoms with E-state index in [1.54, 1.807) is 0 Å². The van der Waals surface area contributed by atoms with Crippen LogP contribution in [0.3, 0.4) is 0 Å². The van der Waals surface area contributed by atoms with Crippen molar-refractivity contribution in [3.05, 3.63) is 53.1 Å². The van der Waals surface area contributed by atoms with Crippen molar-refractivity contribution in [2.45, 2.75) is 19.4 Å². The van der Waals surface area contributed by atoms with Gasteiger partial charge in [0.25, 0.3) is 0 Å². The summed E-state index contributed by atoms with van der Waals surface area (Å²) < 4.78 is 17.3. The second-order valence-corrected chi connectivity index (χ2v) is 5.76. The Labute approximate surface area is 134 Å². The molecule has 1 N–H and O–H groups in total. The molecule has 0 saturated carbocycles. The Morgan fingerprint density at radius 1 is 1.00 bits per heavy atom. The van der Waals surface area contributed by atoms with Gasteiger partial charge in [0.15, 0.2) is 11.5 Å². The molecule has 2 aromatic rings. The Bertz CT molecular complexity index is 785. The van der Waals surface area contributed by atoms with Gasteiger partial charge in [0.1, 0.15) is 25.1 Å². The van der Waals surface area contributed by atoms with Gasteiger partial charge in [0.2, 0.25) is 0 Å². The molecule has 5 heteroatoms. The molecule has 2 aliphatic rings. The van der Waals surface area contributed by atoms with Gasteiger partial charge in [0, 0.05) is 12.0 Å². The standard InChI is InChI=1S/C18H17NO4/c1-11-2-4-15-13(8-11)14(19-20)10-17(23-15)12-3-5-16-18(9-12)22-7-6-21-16/h2-5,8-9,17,20H,6-7,10H2,1H3. The lowest BCUT2D eigenvalue weighted by atomic mass is 9.94. The van der Waals surface area contributed by atoms with Gasteiger partial charge in [-0.2, -0.15) is 0 Å². The largest absolute Gasteiger partial charge is 0.486 e. The molecule has 0 fully saturated rings. The molecule has 1 unspecified atom stereocenters. The molecular formula is C18H17NO4. The molecule has 0 spiro atoms. The summed E-state index contributed by atoms with van der Waals surface area (Å²) in [5.41, 5.74) is 3.56. The average molecular weight is 311 g/mol. The minimum Gasteiger partial charge on any atom is -0.486 e. The van der Waals surface area contributed by atoms with Crippen LogP contribution < -0.4 is 14.2 Å². The van der Waals surface area contributed by atoms with Crippen molar-refractivity contribution in [1.82, 2.24) is 0 Å². The number of benzene rings is 2. The molecule has 2 aliphatic heterocycles. The third kappa shape index (κ3) is 2.48. The number of rotatable bonds is 1. The van der Waals surface area contributed by atoms with E-state index in [2.05, 4.69) is 5.16 Å². The van der Waals surface area contributed by atoms with Crippen LogP contribution in [0.4, 0.5) is 0 Å². The molecule has 1 atom stereocenters. The third-order valence-corrected chi connectivity index (χ3v) is 4.15.